The molecule has 4 nitrogen and oxygen atoms in total. The molecule has 0 bridgehead atoms. The highest BCUT2D eigenvalue weighted by molar-refractivity contribution is 14.1. The summed E-state index contributed by atoms with van der Waals surface area (Å²) in [7, 11) is 3.60. The van der Waals surface area contributed by atoms with Crippen molar-refractivity contribution in [2.45, 2.75) is 18.9 Å². The zero-order valence-electron chi connectivity index (χ0n) is 10.7. The van der Waals surface area contributed by atoms with Crippen LogP contribution in [0.25, 0.3) is 0 Å². The maximum absolute atomic E-state index is 12.1. The molecule has 5 heteroatoms. The molecule has 1 atom stereocenters. The van der Waals surface area contributed by atoms with Crippen LogP contribution in [0.1, 0.15) is 12.8 Å². The molecular weight excluding hydrogens is 341 g/mol. The van der Waals surface area contributed by atoms with Gasteiger partial charge in [-0.3, -0.25) is 4.79 Å². The van der Waals surface area contributed by atoms with Gasteiger partial charge in [-0.2, -0.15) is 0 Å². The Morgan fingerprint density at radius 1 is 1.50 bits per heavy atom. The van der Waals surface area contributed by atoms with Gasteiger partial charge in [-0.25, -0.2) is 0 Å². The molecule has 0 aliphatic carbocycles. The topological polar surface area (TPSA) is 49.6 Å². The van der Waals surface area contributed by atoms with Gasteiger partial charge >= 0.3 is 0 Å². The van der Waals surface area contributed by atoms with Crippen LogP contribution in [0.3, 0.4) is 0 Å². The van der Waals surface area contributed by atoms with Crippen LogP contribution in [0.15, 0.2) is 18.2 Å². The van der Waals surface area contributed by atoms with Gasteiger partial charge in [0.15, 0.2) is 0 Å². The van der Waals surface area contributed by atoms with Gasteiger partial charge < -0.3 is 15.5 Å². The first-order valence-corrected chi connectivity index (χ1v) is 7.11. The zero-order valence-corrected chi connectivity index (χ0v) is 12.8. The first-order chi connectivity index (χ1) is 8.50. The summed E-state index contributed by atoms with van der Waals surface area (Å²) in [4.78, 5) is 15.9. The molecule has 1 heterocycles. The van der Waals surface area contributed by atoms with Crippen molar-refractivity contribution in [2.24, 2.45) is 0 Å². The third-order valence-corrected chi connectivity index (χ3v) is 3.95. The second-order valence-corrected chi connectivity index (χ2v) is 6.03. The number of anilines is 2. The lowest BCUT2D eigenvalue weighted by Crippen LogP contribution is -2.43. The SMILES string of the molecule is CN(C)C(=O)C1CCCN1c1ccc(I)cc1N. The maximum Gasteiger partial charge on any atom is 0.244 e. The highest BCUT2D eigenvalue weighted by Gasteiger charge is 2.32. The van der Waals surface area contributed by atoms with E-state index in [1.807, 2.05) is 18.2 Å². The number of carbonyl (C=O) groups excluding carboxylic acids is 1. The monoisotopic (exact) mass is 359 g/mol. The average molecular weight is 359 g/mol. The zero-order chi connectivity index (χ0) is 13.3. The van der Waals surface area contributed by atoms with Crippen molar-refractivity contribution in [3.63, 3.8) is 0 Å². The van der Waals surface area contributed by atoms with E-state index in [4.69, 9.17) is 5.73 Å². The number of likely N-dealkylation sites (N-methyl/N-ethyl adjacent to an activating group) is 1. The smallest absolute Gasteiger partial charge is 0.244 e. The Bertz CT molecular complexity index is 462. The summed E-state index contributed by atoms with van der Waals surface area (Å²) in [6, 6.07) is 5.92. The molecule has 0 spiro atoms. The molecule has 98 valence electrons. The molecule has 1 saturated heterocycles. The number of rotatable bonds is 2. The molecule has 1 fully saturated rings. The number of nitrogen functional groups attached to an aromatic ring is 1. The van der Waals surface area contributed by atoms with Crippen LogP contribution >= 0.6 is 22.6 Å². The van der Waals surface area contributed by atoms with Crippen molar-refractivity contribution in [3.8, 4) is 0 Å². The Kier molecular flexibility index (Phi) is 3.99. The molecule has 2 N–H and O–H groups in total. The lowest BCUT2D eigenvalue weighted by atomic mass is 10.1. The third kappa shape index (κ3) is 2.55. The van der Waals surface area contributed by atoms with Gasteiger partial charge in [-0.15, -0.1) is 0 Å². The number of hydrogen-bond acceptors (Lipinski definition) is 3. The molecule has 1 amide bonds. The number of nitrogens with two attached hydrogens (primary N) is 1. The highest BCUT2D eigenvalue weighted by atomic mass is 127. The van der Waals surface area contributed by atoms with Gasteiger partial charge in [-0.05, 0) is 53.6 Å². The first-order valence-electron chi connectivity index (χ1n) is 6.03. The predicted octanol–water partition coefficient (Wildman–Crippen LogP) is 1.93. The lowest BCUT2D eigenvalue weighted by molar-refractivity contribution is -0.129. The van der Waals surface area contributed by atoms with Crippen molar-refractivity contribution < 1.29 is 4.79 Å². The van der Waals surface area contributed by atoms with Crippen LogP contribution in [0.4, 0.5) is 11.4 Å². The highest BCUT2D eigenvalue weighted by Crippen LogP contribution is 2.31. The summed E-state index contributed by atoms with van der Waals surface area (Å²) in [6.45, 7) is 0.898. The minimum atomic E-state index is -0.0673. The second kappa shape index (κ2) is 5.34. The molecule has 0 saturated carbocycles. The van der Waals surface area contributed by atoms with Crippen LogP contribution in [0.5, 0.6) is 0 Å². The third-order valence-electron chi connectivity index (χ3n) is 3.28. The summed E-state index contributed by atoms with van der Waals surface area (Å²) < 4.78 is 1.11. The van der Waals surface area contributed by atoms with E-state index >= 15 is 0 Å². The molecule has 1 aromatic carbocycles. The molecule has 1 unspecified atom stereocenters. The fourth-order valence-electron chi connectivity index (χ4n) is 2.40. The average Bonchev–Trinajstić information content (AvgIpc) is 2.76. The Balaban J connectivity index is 2.29. The number of nitrogens with zero attached hydrogens (tertiary/aromatic N) is 2. The number of amides is 1. The van der Waals surface area contributed by atoms with Crippen LogP contribution in [-0.4, -0.2) is 37.5 Å². The Labute approximate surface area is 121 Å². The Morgan fingerprint density at radius 3 is 2.83 bits per heavy atom. The predicted molar refractivity (Wildman–Crippen MR) is 82.6 cm³/mol. The molecule has 0 radical (unpaired) electrons. The van der Waals surface area contributed by atoms with Crippen molar-refractivity contribution in [1.82, 2.24) is 4.90 Å². The molecule has 1 aliphatic rings. The van der Waals surface area contributed by atoms with Gasteiger partial charge in [0.05, 0.1) is 11.4 Å². The normalized spacial score (nSPS) is 19.1. The van der Waals surface area contributed by atoms with Crippen molar-refractivity contribution in [3.05, 3.63) is 21.8 Å². The molecular formula is C13H18IN3O. The summed E-state index contributed by atoms with van der Waals surface area (Å²) >= 11 is 2.24. The summed E-state index contributed by atoms with van der Waals surface area (Å²) in [5, 5.41) is 0. The van der Waals surface area contributed by atoms with E-state index in [1.54, 1.807) is 19.0 Å². The molecule has 1 aliphatic heterocycles. The van der Waals surface area contributed by atoms with Crippen molar-refractivity contribution >= 4 is 39.9 Å². The molecule has 0 aromatic heterocycles. The van der Waals surface area contributed by atoms with Gasteiger partial charge in [0.1, 0.15) is 6.04 Å². The van der Waals surface area contributed by atoms with Gasteiger partial charge in [0.2, 0.25) is 5.91 Å². The Hall–Kier alpha value is -0.980. The molecule has 2 rings (SSSR count). The van der Waals surface area contributed by atoms with Gasteiger partial charge in [0.25, 0.3) is 0 Å². The van der Waals surface area contributed by atoms with Crippen molar-refractivity contribution in [1.29, 1.82) is 0 Å². The van der Waals surface area contributed by atoms with E-state index in [1.165, 1.54) is 0 Å². The van der Waals surface area contributed by atoms with E-state index in [0.29, 0.717) is 0 Å². The number of benzene rings is 1. The fraction of sp³-hybridized carbons (Fsp3) is 0.462. The summed E-state index contributed by atoms with van der Waals surface area (Å²) in [5.41, 5.74) is 7.80. The largest absolute Gasteiger partial charge is 0.397 e. The van der Waals surface area contributed by atoms with E-state index < -0.39 is 0 Å². The fourth-order valence-corrected chi connectivity index (χ4v) is 2.91. The van der Waals surface area contributed by atoms with E-state index in [0.717, 1.165) is 34.3 Å². The van der Waals surface area contributed by atoms with Gasteiger partial charge in [0, 0.05) is 24.2 Å². The van der Waals surface area contributed by atoms with E-state index in [-0.39, 0.29) is 11.9 Å². The summed E-state index contributed by atoms with van der Waals surface area (Å²) in [5.74, 6) is 0.158. The molecule has 18 heavy (non-hydrogen) atoms. The Morgan fingerprint density at radius 2 is 2.22 bits per heavy atom. The van der Waals surface area contributed by atoms with Crippen molar-refractivity contribution in [2.75, 3.05) is 31.3 Å². The number of halogens is 1. The van der Waals surface area contributed by atoms with Crippen LogP contribution in [-0.2, 0) is 4.79 Å². The first kappa shape index (κ1) is 13.5. The minimum Gasteiger partial charge on any atom is -0.397 e. The quantitative estimate of drug-likeness (QED) is 0.649. The van der Waals surface area contributed by atoms with Crippen LogP contribution in [0, 0.1) is 3.57 Å². The van der Waals surface area contributed by atoms with E-state index in [9.17, 15) is 4.79 Å². The van der Waals surface area contributed by atoms with Crippen LogP contribution in [0.2, 0.25) is 0 Å². The van der Waals surface area contributed by atoms with Crippen LogP contribution < -0.4 is 10.6 Å². The standard InChI is InChI=1S/C13H18IN3O/c1-16(2)13(18)12-4-3-7-17(12)11-6-5-9(14)8-10(11)15/h5-6,8,12H,3-4,7,15H2,1-2H3. The summed E-state index contributed by atoms with van der Waals surface area (Å²) in [6.07, 6.45) is 1.94. The number of carbonyl (C=O) groups is 1. The lowest BCUT2D eigenvalue weighted by Gasteiger charge is -2.29. The molecule has 1 aromatic rings. The number of hydrogen-bond donors (Lipinski definition) is 1. The minimum absolute atomic E-state index is 0.0673. The van der Waals surface area contributed by atoms with E-state index in [2.05, 4.69) is 27.5 Å². The second-order valence-electron chi connectivity index (χ2n) is 4.79. The maximum atomic E-state index is 12.1. The van der Waals surface area contributed by atoms with Gasteiger partial charge in [-0.1, -0.05) is 0 Å².